The molecule has 0 unspecified atom stereocenters. The quantitative estimate of drug-likeness (QED) is 0.180. The number of carbonyl (C=O) groups is 1. The molecule has 0 aliphatic heterocycles. The lowest BCUT2D eigenvalue weighted by Gasteiger charge is -2.10. The van der Waals surface area contributed by atoms with Gasteiger partial charge in [0.15, 0.2) is 0 Å². The molecular formula is C12H11ClN4O3. The van der Waals surface area contributed by atoms with Gasteiger partial charge in [0.05, 0.1) is 5.03 Å². The fraction of sp³-hybridized carbons (Fsp3) is 0.0833. The van der Waals surface area contributed by atoms with Gasteiger partial charge in [0, 0.05) is 0 Å². The van der Waals surface area contributed by atoms with Crippen molar-refractivity contribution < 1.29 is 15.1 Å². The summed E-state index contributed by atoms with van der Waals surface area (Å²) < 4.78 is 0. The summed E-state index contributed by atoms with van der Waals surface area (Å²) >= 11 is 5.81. The molecule has 8 heteroatoms. The fourth-order valence-corrected chi connectivity index (χ4v) is 1.59. The highest BCUT2D eigenvalue weighted by Crippen LogP contribution is 2.19. The molecule has 1 aliphatic carbocycles. The minimum Gasteiger partial charge on any atom is -0.477 e. The Balaban J connectivity index is 2.98. The maximum atomic E-state index is 10.9. The minimum atomic E-state index is -1.21. The lowest BCUT2D eigenvalue weighted by Crippen LogP contribution is -2.15. The van der Waals surface area contributed by atoms with Gasteiger partial charge in [-0.1, -0.05) is 16.8 Å². The van der Waals surface area contributed by atoms with E-state index in [0.717, 1.165) is 6.34 Å². The van der Waals surface area contributed by atoms with Crippen LogP contribution in [0.1, 0.15) is 6.42 Å². The second-order valence-corrected chi connectivity index (χ2v) is 4.00. The SMILES string of the molecule is C=N/C=N\C(=C/CC1=C/C(=N/O)C(=N)C(Cl)=C1)C(=O)O. The second-order valence-electron chi connectivity index (χ2n) is 3.60. The van der Waals surface area contributed by atoms with Gasteiger partial charge in [-0.05, 0) is 36.9 Å². The summed E-state index contributed by atoms with van der Waals surface area (Å²) in [5.74, 6) is -1.21. The van der Waals surface area contributed by atoms with Crippen LogP contribution in [0.5, 0.6) is 0 Å². The summed E-state index contributed by atoms with van der Waals surface area (Å²) in [6.07, 6.45) is 5.48. The third-order valence-corrected chi connectivity index (χ3v) is 2.56. The van der Waals surface area contributed by atoms with E-state index >= 15 is 0 Å². The Morgan fingerprint density at radius 1 is 1.50 bits per heavy atom. The molecule has 0 aromatic carbocycles. The predicted octanol–water partition coefficient (Wildman–Crippen LogP) is 1.99. The first-order valence-electron chi connectivity index (χ1n) is 5.30. The third-order valence-electron chi connectivity index (χ3n) is 2.27. The van der Waals surface area contributed by atoms with Crippen molar-refractivity contribution in [2.45, 2.75) is 6.42 Å². The van der Waals surface area contributed by atoms with Gasteiger partial charge in [0.2, 0.25) is 0 Å². The van der Waals surface area contributed by atoms with Gasteiger partial charge >= 0.3 is 5.97 Å². The zero-order valence-electron chi connectivity index (χ0n) is 10.2. The molecule has 0 saturated carbocycles. The number of nitrogens with one attached hydrogen (secondary N) is 1. The number of hydrogen-bond donors (Lipinski definition) is 3. The normalized spacial score (nSPS) is 18.1. The average Bonchev–Trinajstić information content (AvgIpc) is 2.42. The number of nitrogens with zero attached hydrogens (tertiary/aromatic N) is 3. The Hall–Kier alpha value is -2.54. The number of carboxylic acids is 1. The molecule has 7 nitrogen and oxygen atoms in total. The van der Waals surface area contributed by atoms with E-state index < -0.39 is 5.97 Å². The summed E-state index contributed by atoms with van der Waals surface area (Å²) in [6, 6.07) is 0. The van der Waals surface area contributed by atoms with Crippen molar-refractivity contribution in [1.29, 1.82) is 5.41 Å². The summed E-state index contributed by atoms with van der Waals surface area (Å²) in [4.78, 5) is 17.8. The highest BCUT2D eigenvalue weighted by molar-refractivity contribution is 6.62. The smallest absolute Gasteiger partial charge is 0.354 e. The van der Waals surface area contributed by atoms with Gasteiger partial charge in [0.1, 0.15) is 23.5 Å². The zero-order valence-corrected chi connectivity index (χ0v) is 11.0. The molecule has 0 aromatic rings. The number of rotatable bonds is 5. The van der Waals surface area contributed by atoms with Crippen LogP contribution in [0.25, 0.3) is 0 Å². The summed E-state index contributed by atoms with van der Waals surface area (Å²) in [5, 5.41) is 28.2. The van der Waals surface area contributed by atoms with Gasteiger partial charge in [-0.2, -0.15) is 0 Å². The highest BCUT2D eigenvalue weighted by atomic mass is 35.5. The largest absolute Gasteiger partial charge is 0.477 e. The van der Waals surface area contributed by atoms with E-state index in [1.165, 1.54) is 18.2 Å². The third kappa shape index (κ3) is 3.99. The van der Waals surface area contributed by atoms with Gasteiger partial charge < -0.3 is 10.3 Å². The van der Waals surface area contributed by atoms with Crippen LogP contribution in [0, 0.1) is 5.41 Å². The van der Waals surface area contributed by atoms with Crippen molar-refractivity contribution in [1.82, 2.24) is 0 Å². The van der Waals surface area contributed by atoms with Crippen molar-refractivity contribution in [3.63, 3.8) is 0 Å². The molecule has 1 rings (SSSR count). The summed E-state index contributed by atoms with van der Waals surface area (Å²) in [6.45, 7) is 3.16. The van der Waals surface area contributed by atoms with Crippen LogP contribution in [-0.4, -0.2) is 40.8 Å². The van der Waals surface area contributed by atoms with Crippen molar-refractivity contribution in [2.75, 3.05) is 0 Å². The first kappa shape index (κ1) is 15.5. The maximum Gasteiger partial charge on any atom is 0.354 e. The average molecular weight is 295 g/mol. The topological polar surface area (TPSA) is 118 Å². The van der Waals surface area contributed by atoms with Gasteiger partial charge in [-0.3, -0.25) is 10.4 Å². The molecular weight excluding hydrogens is 284 g/mol. The number of hydrogen-bond acceptors (Lipinski definition) is 5. The molecule has 0 spiro atoms. The molecule has 0 radical (unpaired) electrons. The molecule has 104 valence electrons. The monoisotopic (exact) mass is 294 g/mol. The molecule has 0 aromatic heterocycles. The molecule has 1 aliphatic rings. The number of allylic oxidation sites excluding steroid dienone is 5. The molecule has 0 amide bonds. The first-order chi connectivity index (χ1) is 9.49. The van der Waals surface area contributed by atoms with E-state index in [1.807, 2.05) is 0 Å². The number of carboxylic acid groups (broad SMARTS) is 1. The van der Waals surface area contributed by atoms with E-state index in [4.69, 9.17) is 27.3 Å². The van der Waals surface area contributed by atoms with Crippen LogP contribution in [0.15, 0.2) is 49.7 Å². The molecule has 3 N–H and O–H groups in total. The van der Waals surface area contributed by atoms with Crippen LogP contribution < -0.4 is 0 Å². The Morgan fingerprint density at radius 2 is 2.20 bits per heavy atom. The van der Waals surface area contributed by atoms with Gasteiger partial charge in [-0.15, -0.1) is 0 Å². The maximum absolute atomic E-state index is 10.9. The number of aliphatic imine (C=N–C) groups is 2. The number of oxime groups is 1. The highest BCUT2D eigenvalue weighted by Gasteiger charge is 2.16. The van der Waals surface area contributed by atoms with Crippen molar-refractivity contribution >= 4 is 42.0 Å². The predicted molar refractivity (Wildman–Crippen MR) is 77.3 cm³/mol. The summed E-state index contributed by atoms with van der Waals surface area (Å²) in [5.41, 5.74) is 0.286. The fourth-order valence-electron chi connectivity index (χ4n) is 1.36. The first-order valence-corrected chi connectivity index (χ1v) is 5.68. The lowest BCUT2D eigenvalue weighted by molar-refractivity contribution is -0.132. The Morgan fingerprint density at radius 3 is 2.75 bits per heavy atom. The zero-order chi connectivity index (χ0) is 15.1. The van der Waals surface area contributed by atoms with Crippen LogP contribution in [0.3, 0.4) is 0 Å². The molecule has 0 bridgehead atoms. The standard InChI is InChI=1S/C12H11ClN4O3/c1-15-6-16-9(12(18)19)3-2-7-4-8(13)11(14)10(5-7)17-20/h3-6,14,20H,1-2H2,(H,18,19)/b9-3-,14-11?,16-6-,17-10-. The van der Waals surface area contributed by atoms with Crippen LogP contribution in [0.4, 0.5) is 0 Å². The summed E-state index contributed by atoms with van der Waals surface area (Å²) in [7, 11) is 0. The van der Waals surface area contributed by atoms with Gasteiger partial charge in [-0.25, -0.2) is 9.79 Å². The lowest BCUT2D eigenvalue weighted by atomic mass is 10.0. The van der Waals surface area contributed by atoms with Crippen molar-refractivity contribution in [3.8, 4) is 0 Å². The van der Waals surface area contributed by atoms with E-state index in [2.05, 4.69) is 21.9 Å². The van der Waals surface area contributed by atoms with E-state index in [1.54, 1.807) is 0 Å². The van der Waals surface area contributed by atoms with E-state index in [0.29, 0.717) is 5.57 Å². The molecule has 20 heavy (non-hydrogen) atoms. The van der Waals surface area contributed by atoms with Crippen LogP contribution in [-0.2, 0) is 4.79 Å². The molecule has 0 saturated heterocycles. The second kappa shape index (κ2) is 7.15. The molecule has 0 heterocycles. The van der Waals surface area contributed by atoms with E-state index in [-0.39, 0.29) is 28.6 Å². The van der Waals surface area contributed by atoms with Crippen LogP contribution in [0.2, 0.25) is 0 Å². The molecule has 0 atom stereocenters. The van der Waals surface area contributed by atoms with E-state index in [9.17, 15) is 4.79 Å². The number of halogens is 1. The Kier molecular flexibility index (Phi) is 5.55. The van der Waals surface area contributed by atoms with Gasteiger partial charge in [0.25, 0.3) is 0 Å². The van der Waals surface area contributed by atoms with Crippen LogP contribution >= 0.6 is 11.6 Å². The Labute approximate surface area is 119 Å². The Bertz CT molecular complexity index is 600. The number of aliphatic carboxylic acids is 1. The van der Waals surface area contributed by atoms with Crippen molar-refractivity contribution in [3.05, 3.63) is 34.5 Å². The molecule has 0 fully saturated rings. The van der Waals surface area contributed by atoms with Crippen molar-refractivity contribution in [2.24, 2.45) is 15.1 Å². The minimum absolute atomic E-state index is 0.00837.